The van der Waals surface area contributed by atoms with Gasteiger partial charge in [-0.15, -0.1) is 0 Å². The first-order valence-electron chi connectivity index (χ1n) is 15.5. The molecule has 0 rings (SSSR count). The third kappa shape index (κ3) is 34.2. The maximum atomic E-state index is 3.37. The topological polar surface area (TPSA) is 24.1 Å². The lowest BCUT2D eigenvalue weighted by atomic mass is 10.0. The van der Waals surface area contributed by atoms with Crippen molar-refractivity contribution in [2.75, 3.05) is 6.54 Å². The van der Waals surface area contributed by atoms with Gasteiger partial charge >= 0.3 is 0 Å². The van der Waals surface area contributed by atoms with Gasteiger partial charge in [-0.2, -0.15) is 0 Å². The highest BCUT2D eigenvalue weighted by molar-refractivity contribution is 4.73. The molecular formula is C31H68N2. The van der Waals surface area contributed by atoms with Gasteiger partial charge in [0.05, 0.1) is 0 Å². The van der Waals surface area contributed by atoms with Crippen LogP contribution >= 0.6 is 0 Å². The summed E-state index contributed by atoms with van der Waals surface area (Å²) in [5.41, 5.74) is 6.90. The quantitative estimate of drug-likeness (QED) is 0.103. The van der Waals surface area contributed by atoms with Crippen molar-refractivity contribution >= 4 is 0 Å². The molecule has 0 spiro atoms. The van der Waals surface area contributed by atoms with Crippen molar-refractivity contribution in [3.05, 3.63) is 0 Å². The molecule has 2 heteroatoms. The van der Waals surface area contributed by atoms with Gasteiger partial charge < -0.3 is 0 Å². The fraction of sp³-hybridized carbons (Fsp3) is 1.00. The Morgan fingerprint density at radius 2 is 0.697 bits per heavy atom. The summed E-state index contributed by atoms with van der Waals surface area (Å²) >= 11 is 0. The predicted molar refractivity (Wildman–Crippen MR) is 154 cm³/mol. The summed E-state index contributed by atoms with van der Waals surface area (Å²) in [6.07, 6.45) is 32.7. The Hall–Kier alpha value is -0.0800. The van der Waals surface area contributed by atoms with Gasteiger partial charge in [0.1, 0.15) is 0 Å². The molecule has 0 radical (unpaired) electrons. The monoisotopic (exact) mass is 469 g/mol. The zero-order valence-electron chi connectivity index (χ0n) is 24.5. The summed E-state index contributed by atoms with van der Waals surface area (Å²) in [4.78, 5) is 0. The Morgan fingerprint density at radius 1 is 0.394 bits per heavy atom. The lowest BCUT2D eigenvalue weighted by Crippen LogP contribution is -2.48. The van der Waals surface area contributed by atoms with Crippen LogP contribution in [0.4, 0.5) is 0 Å². The highest BCUT2D eigenvalue weighted by Crippen LogP contribution is 2.14. The average Bonchev–Trinajstić information content (AvgIpc) is 2.79. The molecule has 0 unspecified atom stereocenters. The third-order valence-electron chi connectivity index (χ3n) is 6.66. The second-order valence-corrected chi connectivity index (χ2v) is 11.0. The fourth-order valence-corrected chi connectivity index (χ4v) is 4.43. The van der Waals surface area contributed by atoms with E-state index in [1.165, 1.54) is 148 Å². The highest BCUT2D eigenvalue weighted by Gasteiger charge is 2.14. The summed E-state index contributed by atoms with van der Waals surface area (Å²) in [5.74, 6) is 0. The van der Waals surface area contributed by atoms with Crippen molar-refractivity contribution in [1.29, 1.82) is 0 Å². The number of nitrogens with one attached hydrogen (secondary N) is 2. The third-order valence-corrected chi connectivity index (χ3v) is 6.66. The molecule has 0 aromatic heterocycles. The first kappa shape index (κ1) is 35.1. The Labute approximate surface area is 212 Å². The SMILES string of the molecule is CCCCCCCCCCCCCCCCCCCC.CCCCCNNC(C)(C)CCC. The van der Waals surface area contributed by atoms with Crippen molar-refractivity contribution in [2.45, 2.75) is 195 Å². The van der Waals surface area contributed by atoms with Gasteiger partial charge in [0.2, 0.25) is 0 Å². The van der Waals surface area contributed by atoms with Gasteiger partial charge in [0, 0.05) is 12.1 Å². The number of rotatable bonds is 25. The molecular weight excluding hydrogens is 400 g/mol. The maximum absolute atomic E-state index is 3.37. The zero-order valence-corrected chi connectivity index (χ0v) is 24.5. The summed E-state index contributed by atoms with van der Waals surface area (Å²) in [5, 5.41) is 0. The lowest BCUT2D eigenvalue weighted by molar-refractivity contribution is 0.306. The molecule has 0 aliphatic rings. The molecule has 2 N–H and O–H groups in total. The minimum atomic E-state index is 0.237. The van der Waals surface area contributed by atoms with Crippen LogP contribution in [0, 0.1) is 0 Å². The fourth-order valence-electron chi connectivity index (χ4n) is 4.43. The molecule has 33 heavy (non-hydrogen) atoms. The maximum Gasteiger partial charge on any atom is 0.0267 e. The van der Waals surface area contributed by atoms with E-state index in [2.05, 4.69) is 52.4 Å². The second kappa shape index (κ2) is 30.0. The van der Waals surface area contributed by atoms with Crippen molar-refractivity contribution in [3.63, 3.8) is 0 Å². The summed E-state index contributed by atoms with van der Waals surface area (Å²) < 4.78 is 0. The van der Waals surface area contributed by atoms with E-state index in [9.17, 15) is 0 Å². The smallest absolute Gasteiger partial charge is 0.0267 e. The summed E-state index contributed by atoms with van der Waals surface area (Å²) in [6, 6.07) is 0. The van der Waals surface area contributed by atoms with Crippen LogP contribution in [-0.2, 0) is 0 Å². The van der Waals surface area contributed by atoms with Crippen LogP contribution in [0.15, 0.2) is 0 Å². The average molecular weight is 469 g/mol. The molecule has 202 valence electrons. The molecule has 2 nitrogen and oxygen atoms in total. The molecule has 0 heterocycles. The number of hydrazine groups is 1. The van der Waals surface area contributed by atoms with E-state index >= 15 is 0 Å². The van der Waals surface area contributed by atoms with E-state index in [1.807, 2.05) is 0 Å². The van der Waals surface area contributed by atoms with Crippen LogP contribution in [0.5, 0.6) is 0 Å². The van der Waals surface area contributed by atoms with Gasteiger partial charge in [-0.25, -0.2) is 0 Å². The van der Waals surface area contributed by atoms with Crippen LogP contribution < -0.4 is 10.9 Å². The minimum Gasteiger partial charge on any atom is -0.257 e. The standard InChI is InChI=1S/C20H42.C11H26N2/c1-3-5-7-9-11-13-15-17-19-20-18-16-14-12-10-8-6-4-2;1-5-7-8-10-12-13-11(3,4)9-6-2/h3-20H2,1-2H3;12-13H,5-10H2,1-4H3. The Morgan fingerprint density at radius 3 is 1.00 bits per heavy atom. The summed E-state index contributed by atoms with van der Waals surface area (Å²) in [6.45, 7) is 14.6. The first-order chi connectivity index (χ1) is 16.0. The van der Waals surface area contributed by atoms with E-state index in [1.54, 1.807) is 0 Å². The van der Waals surface area contributed by atoms with Crippen molar-refractivity contribution < 1.29 is 0 Å². The van der Waals surface area contributed by atoms with Gasteiger partial charge in [-0.3, -0.25) is 10.9 Å². The van der Waals surface area contributed by atoms with Crippen LogP contribution in [0.1, 0.15) is 189 Å². The van der Waals surface area contributed by atoms with Crippen molar-refractivity contribution in [1.82, 2.24) is 10.9 Å². The molecule has 0 atom stereocenters. The molecule has 0 aliphatic carbocycles. The molecule has 0 aromatic rings. The van der Waals surface area contributed by atoms with Crippen molar-refractivity contribution in [2.24, 2.45) is 0 Å². The van der Waals surface area contributed by atoms with Gasteiger partial charge in [0.15, 0.2) is 0 Å². The zero-order chi connectivity index (χ0) is 24.9. The molecule has 0 saturated heterocycles. The minimum absolute atomic E-state index is 0.237. The lowest BCUT2D eigenvalue weighted by Gasteiger charge is -2.26. The number of hydrogen-bond acceptors (Lipinski definition) is 2. The van der Waals surface area contributed by atoms with Crippen LogP contribution in [0.3, 0.4) is 0 Å². The highest BCUT2D eigenvalue weighted by atomic mass is 15.4. The van der Waals surface area contributed by atoms with E-state index in [4.69, 9.17) is 0 Å². The second-order valence-electron chi connectivity index (χ2n) is 11.0. The van der Waals surface area contributed by atoms with Crippen LogP contribution in [-0.4, -0.2) is 12.1 Å². The molecule has 0 bridgehead atoms. The Balaban J connectivity index is 0. The predicted octanol–water partition coefficient (Wildman–Crippen LogP) is 10.9. The van der Waals surface area contributed by atoms with E-state index in [-0.39, 0.29) is 5.54 Å². The van der Waals surface area contributed by atoms with E-state index < -0.39 is 0 Å². The molecule has 0 fully saturated rings. The normalized spacial score (nSPS) is 11.5. The molecule has 0 aliphatic heterocycles. The molecule has 0 amide bonds. The Kier molecular flexibility index (Phi) is 31.8. The summed E-state index contributed by atoms with van der Waals surface area (Å²) in [7, 11) is 0. The number of hydrogen-bond donors (Lipinski definition) is 2. The number of unbranched alkanes of at least 4 members (excludes halogenated alkanes) is 19. The van der Waals surface area contributed by atoms with Crippen molar-refractivity contribution in [3.8, 4) is 0 Å². The molecule has 0 aromatic carbocycles. The van der Waals surface area contributed by atoms with E-state index in [0.29, 0.717) is 0 Å². The van der Waals surface area contributed by atoms with Gasteiger partial charge in [-0.05, 0) is 26.7 Å². The van der Waals surface area contributed by atoms with Gasteiger partial charge in [0.25, 0.3) is 0 Å². The Bertz CT molecular complexity index is 309. The van der Waals surface area contributed by atoms with Crippen LogP contribution in [0.25, 0.3) is 0 Å². The largest absolute Gasteiger partial charge is 0.257 e. The first-order valence-corrected chi connectivity index (χ1v) is 15.5. The molecule has 0 saturated carbocycles. The van der Waals surface area contributed by atoms with Crippen LogP contribution in [0.2, 0.25) is 0 Å². The van der Waals surface area contributed by atoms with E-state index in [0.717, 1.165) is 6.54 Å². The van der Waals surface area contributed by atoms with Gasteiger partial charge in [-0.1, -0.05) is 163 Å².